The van der Waals surface area contributed by atoms with E-state index in [2.05, 4.69) is 15.4 Å². The lowest BCUT2D eigenvalue weighted by atomic mass is 10.2. The second-order valence-corrected chi connectivity index (χ2v) is 7.71. The summed E-state index contributed by atoms with van der Waals surface area (Å²) in [6, 6.07) is 15.1. The third kappa shape index (κ3) is 3.88. The van der Waals surface area contributed by atoms with Crippen molar-refractivity contribution < 1.29 is 9.53 Å². The number of ether oxygens (including phenoxy) is 1. The van der Waals surface area contributed by atoms with Crippen LogP contribution in [0.15, 0.2) is 53.7 Å². The molecule has 0 radical (unpaired) electrons. The Balaban J connectivity index is 1.63. The molecule has 0 spiro atoms. The molecule has 2 aromatic carbocycles. The summed E-state index contributed by atoms with van der Waals surface area (Å²) in [4.78, 5) is 22.2. The van der Waals surface area contributed by atoms with Gasteiger partial charge in [-0.3, -0.25) is 4.79 Å². The lowest BCUT2D eigenvalue weighted by Crippen LogP contribution is -2.25. The van der Waals surface area contributed by atoms with Crippen molar-refractivity contribution in [2.75, 3.05) is 12.4 Å². The number of benzene rings is 2. The number of aryl methyl sites for hydroxylation is 1. The van der Waals surface area contributed by atoms with E-state index in [1.54, 1.807) is 11.6 Å². The number of carbonyl (C=O) groups is 1. The number of hydrogen-bond acceptors (Lipinski definition) is 6. The SMILES string of the molecule is CC[C@@H](Sc1nc2ccccc2c2nc(C)nn12)C(=O)Nc1ccc(OC)cc1. The number of rotatable bonds is 6. The summed E-state index contributed by atoms with van der Waals surface area (Å²) in [5.74, 6) is 1.33. The summed E-state index contributed by atoms with van der Waals surface area (Å²) in [7, 11) is 1.61. The number of methoxy groups -OCH3 is 1. The molecule has 2 aromatic heterocycles. The lowest BCUT2D eigenvalue weighted by Gasteiger charge is -2.15. The van der Waals surface area contributed by atoms with Crippen LogP contribution in [0.4, 0.5) is 5.69 Å². The fraction of sp³-hybridized carbons (Fsp3) is 0.238. The van der Waals surface area contributed by atoms with E-state index in [1.165, 1.54) is 11.8 Å². The number of fused-ring (bicyclic) bond motifs is 3. The van der Waals surface area contributed by atoms with Crippen molar-refractivity contribution in [3.8, 4) is 5.75 Å². The Kier molecular flexibility index (Phi) is 5.35. The van der Waals surface area contributed by atoms with Crippen LogP contribution in [0.5, 0.6) is 5.75 Å². The standard InChI is InChI=1S/C21H21N5O2S/c1-4-18(20(27)23-14-9-11-15(28-3)12-10-14)29-21-24-17-8-6-5-7-16(17)19-22-13(2)25-26(19)21/h5-12,18H,4H2,1-3H3,(H,23,27)/t18-/m1/s1. The Morgan fingerprint density at radius 1 is 1.17 bits per heavy atom. The van der Waals surface area contributed by atoms with Crippen LogP contribution >= 0.6 is 11.8 Å². The highest BCUT2D eigenvalue weighted by Crippen LogP contribution is 2.29. The third-order valence-electron chi connectivity index (χ3n) is 4.52. The topological polar surface area (TPSA) is 81.4 Å². The van der Waals surface area contributed by atoms with Crippen molar-refractivity contribution in [3.05, 3.63) is 54.4 Å². The minimum Gasteiger partial charge on any atom is -0.497 e. The number of carbonyl (C=O) groups excluding carboxylic acids is 1. The average Bonchev–Trinajstić information content (AvgIpc) is 3.14. The van der Waals surface area contributed by atoms with Crippen LogP contribution in [0.3, 0.4) is 0 Å². The normalized spacial score (nSPS) is 12.2. The lowest BCUT2D eigenvalue weighted by molar-refractivity contribution is -0.115. The van der Waals surface area contributed by atoms with Crippen LogP contribution in [0.2, 0.25) is 0 Å². The van der Waals surface area contributed by atoms with E-state index in [-0.39, 0.29) is 11.2 Å². The largest absolute Gasteiger partial charge is 0.497 e. The molecule has 1 N–H and O–H groups in total. The summed E-state index contributed by atoms with van der Waals surface area (Å²) in [5.41, 5.74) is 2.31. The maximum atomic E-state index is 12.9. The molecule has 1 amide bonds. The molecule has 29 heavy (non-hydrogen) atoms. The Labute approximate surface area is 172 Å². The highest BCUT2D eigenvalue weighted by atomic mass is 32.2. The van der Waals surface area contributed by atoms with Crippen molar-refractivity contribution in [2.24, 2.45) is 0 Å². The Morgan fingerprint density at radius 3 is 2.66 bits per heavy atom. The third-order valence-corrected chi connectivity index (χ3v) is 5.83. The van der Waals surface area contributed by atoms with Gasteiger partial charge in [0.2, 0.25) is 5.91 Å². The van der Waals surface area contributed by atoms with Crippen LogP contribution in [0.1, 0.15) is 19.2 Å². The molecule has 0 aliphatic rings. The van der Waals surface area contributed by atoms with Crippen LogP contribution in [-0.2, 0) is 4.79 Å². The molecule has 0 saturated carbocycles. The highest BCUT2D eigenvalue weighted by molar-refractivity contribution is 8.00. The molecule has 2 heterocycles. The second kappa shape index (κ2) is 8.08. The quantitative estimate of drug-likeness (QED) is 0.383. The van der Waals surface area contributed by atoms with Crippen LogP contribution in [0, 0.1) is 6.92 Å². The maximum absolute atomic E-state index is 12.9. The number of para-hydroxylation sites is 1. The van der Waals surface area contributed by atoms with Gasteiger partial charge < -0.3 is 10.1 Å². The van der Waals surface area contributed by atoms with Gasteiger partial charge in [-0.1, -0.05) is 30.8 Å². The maximum Gasteiger partial charge on any atom is 0.237 e. The van der Waals surface area contributed by atoms with Crippen molar-refractivity contribution in [1.29, 1.82) is 0 Å². The molecule has 4 rings (SSSR count). The highest BCUT2D eigenvalue weighted by Gasteiger charge is 2.22. The first-order valence-electron chi connectivity index (χ1n) is 9.32. The van der Waals surface area contributed by atoms with Gasteiger partial charge in [0.05, 0.1) is 17.9 Å². The number of aromatic nitrogens is 4. The van der Waals surface area contributed by atoms with Crippen molar-refractivity contribution in [1.82, 2.24) is 19.6 Å². The first-order valence-corrected chi connectivity index (χ1v) is 10.2. The molecule has 0 fully saturated rings. The predicted octanol–water partition coefficient (Wildman–Crippen LogP) is 4.10. The van der Waals surface area contributed by atoms with Gasteiger partial charge in [0, 0.05) is 11.1 Å². The summed E-state index contributed by atoms with van der Waals surface area (Å²) in [6.45, 7) is 3.83. The van der Waals surface area contributed by atoms with Crippen molar-refractivity contribution in [3.63, 3.8) is 0 Å². The first kappa shape index (κ1) is 19.2. The zero-order valence-electron chi connectivity index (χ0n) is 16.4. The monoisotopic (exact) mass is 407 g/mol. The van der Waals surface area contributed by atoms with Gasteiger partial charge in [-0.25, -0.2) is 9.97 Å². The van der Waals surface area contributed by atoms with Gasteiger partial charge in [-0.15, -0.1) is 5.10 Å². The smallest absolute Gasteiger partial charge is 0.237 e. The fourth-order valence-corrected chi connectivity index (χ4v) is 4.02. The summed E-state index contributed by atoms with van der Waals surface area (Å²) in [5, 5.41) is 8.72. The molecule has 8 heteroatoms. The molecule has 0 aliphatic carbocycles. The van der Waals surface area contributed by atoms with Crippen LogP contribution in [-0.4, -0.2) is 37.8 Å². The number of thioether (sulfide) groups is 1. The number of amides is 1. The second-order valence-electron chi connectivity index (χ2n) is 6.54. The summed E-state index contributed by atoms with van der Waals surface area (Å²) >= 11 is 1.39. The summed E-state index contributed by atoms with van der Waals surface area (Å²) < 4.78 is 6.89. The molecule has 7 nitrogen and oxygen atoms in total. The Bertz CT molecular complexity index is 1170. The van der Waals surface area contributed by atoms with Crippen molar-refractivity contribution in [2.45, 2.75) is 30.7 Å². The number of hydrogen-bond donors (Lipinski definition) is 1. The molecular weight excluding hydrogens is 386 g/mol. The van der Waals surface area contributed by atoms with E-state index in [1.807, 2.05) is 62.4 Å². The van der Waals surface area contributed by atoms with Gasteiger partial charge in [0.1, 0.15) is 11.6 Å². The molecule has 0 aliphatic heterocycles. The van der Waals surface area contributed by atoms with Gasteiger partial charge in [-0.2, -0.15) is 4.52 Å². The molecule has 0 bridgehead atoms. The zero-order valence-corrected chi connectivity index (χ0v) is 17.2. The van der Waals surface area contributed by atoms with Crippen LogP contribution in [0.25, 0.3) is 16.6 Å². The molecule has 1 atom stereocenters. The average molecular weight is 407 g/mol. The van der Waals surface area contributed by atoms with Crippen LogP contribution < -0.4 is 10.1 Å². The summed E-state index contributed by atoms with van der Waals surface area (Å²) in [6.07, 6.45) is 0.649. The number of nitrogens with zero attached hydrogens (tertiary/aromatic N) is 4. The van der Waals surface area contributed by atoms with E-state index in [4.69, 9.17) is 9.72 Å². The minimum atomic E-state index is -0.321. The molecule has 4 aromatic rings. The Hall–Kier alpha value is -3.13. The number of nitrogens with one attached hydrogen (secondary N) is 1. The molecule has 0 saturated heterocycles. The van der Waals surface area contributed by atoms with E-state index in [9.17, 15) is 4.79 Å². The molecule has 148 valence electrons. The van der Waals surface area contributed by atoms with E-state index < -0.39 is 0 Å². The molecular formula is C21H21N5O2S. The first-order chi connectivity index (χ1) is 14.1. The van der Waals surface area contributed by atoms with Crippen molar-refractivity contribution >= 4 is 39.9 Å². The van der Waals surface area contributed by atoms with E-state index in [0.29, 0.717) is 17.4 Å². The predicted molar refractivity (Wildman–Crippen MR) is 115 cm³/mol. The van der Waals surface area contributed by atoms with Gasteiger partial charge in [0.15, 0.2) is 10.8 Å². The molecule has 0 unspecified atom stereocenters. The fourth-order valence-electron chi connectivity index (χ4n) is 3.06. The van der Waals surface area contributed by atoms with Gasteiger partial charge >= 0.3 is 0 Å². The minimum absolute atomic E-state index is 0.0809. The Morgan fingerprint density at radius 2 is 1.93 bits per heavy atom. The van der Waals surface area contributed by atoms with Gasteiger partial charge in [-0.05, 0) is 49.7 Å². The van der Waals surface area contributed by atoms with Gasteiger partial charge in [0.25, 0.3) is 0 Å². The van der Waals surface area contributed by atoms with E-state index in [0.717, 1.165) is 28.0 Å². The number of anilines is 1. The van der Waals surface area contributed by atoms with E-state index >= 15 is 0 Å². The zero-order chi connectivity index (χ0) is 20.4.